The van der Waals surface area contributed by atoms with Gasteiger partial charge in [0.25, 0.3) is 0 Å². The highest BCUT2D eigenvalue weighted by Crippen LogP contribution is 2.25. The summed E-state index contributed by atoms with van der Waals surface area (Å²) in [7, 11) is 3.99. The molecule has 0 saturated heterocycles. The molecule has 0 amide bonds. The van der Waals surface area contributed by atoms with Crippen LogP contribution in [0.4, 0.5) is 11.4 Å². The van der Waals surface area contributed by atoms with E-state index in [1.54, 1.807) is 24.4 Å². The van der Waals surface area contributed by atoms with Crippen LogP contribution in [0.5, 0.6) is 0 Å². The van der Waals surface area contributed by atoms with Crippen LogP contribution in [0.3, 0.4) is 0 Å². The Morgan fingerprint density at radius 3 is 2.43 bits per heavy atom. The predicted molar refractivity (Wildman–Crippen MR) is 104 cm³/mol. The Bertz CT molecular complexity index is 715. The third-order valence-corrected chi connectivity index (χ3v) is 3.71. The number of anilines is 2. The van der Waals surface area contributed by atoms with E-state index >= 15 is 0 Å². The number of hydrazone groups is 1. The number of nitrogens with one attached hydrogen (secondary N) is 2. The van der Waals surface area contributed by atoms with Gasteiger partial charge in [-0.05, 0) is 48.1 Å². The molecule has 2 aromatic rings. The van der Waals surface area contributed by atoms with Crippen LogP contribution in [0.15, 0.2) is 47.6 Å². The van der Waals surface area contributed by atoms with Gasteiger partial charge < -0.3 is 10.2 Å². The molecule has 4 nitrogen and oxygen atoms in total. The highest BCUT2D eigenvalue weighted by Gasteiger charge is 2.02. The first-order valence-corrected chi connectivity index (χ1v) is 7.94. The molecule has 2 aromatic carbocycles. The van der Waals surface area contributed by atoms with Crippen molar-refractivity contribution in [1.82, 2.24) is 5.43 Å². The van der Waals surface area contributed by atoms with E-state index in [9.17, 15) is 0 Å². The summed E-state index contributed by atoms with van der Waals surface area (Å²) in [6, 6.07) is 13.1. The van der Waals surface area contributed by atoms with Gasteiger partial charge in [0.1, 0.15) is 0 Å². The van der Waals surface area contributed by atoms with Gasteiger partial charge in [0, 0.05) is 24.8 Å². The molecule has 23 heavy (non-hydrogen) atoms. The second kappa shape index (κ2) is 8.15. The SMILES string of the molecule is CN(C)c1ccc(/C=N\NC(=S)Nc2ccc(Cl)cc2Cl)cc1. The smallest absolute Gasteiger partial charge is 0.191 e. The number of hydrogen-bond donors (Lipinski definition) is 2. The van der Waals surface area contributed by atoms with Crippen LogP contribution in [-0.2, 0) is 0 Å². The Labute approximate surface area is 151 Å². The lowest BCUT2D eigenvalue weighted by Gasteiger charge is -2.11. The quantitative estimate of drug-likeness (QED) is 0.478. The lowest BCUT2D eigenvalue weighted by atomic mass is 10.2. The van der Waals surface area contributed by atoms with Crippen LogP contribution in [0, 0.1) is 0 Å². The molecular weight excluding hydrogens is 351 g/mol. The Kier molecular flexibility index (Phi) is 6.21. The van der Waals surface area contributed by atoms with E-state index in [2.05, 4.69) is 15.8 Å². The lowest BCUT2D eigenvalue weighted by Crippen LogP contribution is -2.24. The number of nitrogens with zero attached hydrogens (tertiary/aromatic N) is 2. The summed E-state index contributed by atoms with van der Waals surface area (Å²) in [4.78, 5) is 2.04. The minimum absolute atomic E-state index is 0.343. The van der Waals surface area contributed by atoms with Crippen molar-refractivity contribution >= 4 is 58.1 Å². The lowest BCUT2D eigenvalue weighted by molar-refractivity contribution is 1.05. The predicted octanol–water partition coefficient (Wildman–Crippen LogP) is 4.38. The molecule has 0 saturated carbocycles. The number of benzene rings is 2. The average molecular weight is 367 g/mol. The largest absolute Gasteiger partial charge is 0.378 e. The fourth-order valence-electron chi connectivity index (χ4n) is 1.77. The first-order valence-electron chi connectivity index (χ1n) is 6.78. The zero-order chi connectivity index (χ0) is 16.8. The van der Waals surface area contributed by atoms with E-state index in [1.807, 2.05) is 43.3 Å². The molecule has 0 aromatic heterocycles. The van der Waals surface area contributed by atoms with Gasteiger partial charge in [0.2, 0.25) is 0 Å². The standard InChI is InChI=1S/C16H16Cl2N4S/c1-22(2)13-6-3-11(4-7-13)10-19-21-16(23)20-15-8-5-12(17)9-14(15)18/h3-10H,1-2H3,(H2,20,21,23)/b19-10-. The highest BCUT2D eigenvalue weighted by atomic mass is 35.5. The molecule has 7 heteroatoms. The highest BCUT2D eigenvalue weighted by molar-refractivity contribution is 7.80. The minimum atomic E-state index is 0.343. The molecule has 0 fully saturated rings. The molecule has 0 heterocycles. The first kappa shape index (κ1) is 17.5. The van der Waals surface area contributed by atoms with Gasteiger partial charge in [0.05, 0.1) is 16.9 Å². The summed E-state index contributed by atoms with van der Waals surface area (Å²) in [5.74, 6) is 0. The Hall–Kier alpha value is -1.82. The minimum Gasteiger partial charge on any atom is -0.378 e. The van der Waals surface area contributed by atoms with Gasteiger partial charge in [-0.15, -0.1) is 0 Å². The number of hydrogen-bond acceptors (Lipinski definition) is 3. The molecule has 120 valence electrons. The average Bonchev–Trinajstić information content (AvgIpc) is 2.50. The van der Waals surface area contributed by atoms with Crippen LogP contribution < -0.4 is 15.6 Å². The van der Waals surface area contributed by atoms with Crippen molar-refractivity contribution in [1.29, 1.82) is 0 Å². The van der Waals surface area contributed by atoms with Crippen LogP contribution in [0.2, 0.25) is 10.0 Å². The normalized spacial score (nSPS) is 10.6. The van der Waals surface area contributed by atoms with Crippen LogP contribution in [0.1, 0.15) is 5.56 Å². The molecule has 0 aliphatic carbocycles. The maximum Gasteiger partial charge on any atom is 0.191 e. The third-order valence-electron chi connectivity index (χ3n) is 2.97. The molecule has 0 atom stereocenters. The van der Waals surface area contributed by atoms with Crippen molar-refractivity contribution < 1.29 is 0 Å². The van der Waals surface area contributed by atoms with Crippen molar-refractivity contribution in [3.05, 3.63) is 58.1 Å². The van der Waals surface area contributed by atoms with E-state index < -0.39 is 0 Å². The van der Waals surface area contributed by atoms with Crippen molar-refractivity contribution in [3.63, 3.8) is 0 Å². The third kappa shape index (κ3) is 5.39. The van der Waals surface area contributed by atoms with Crippen LogP contribution >= 0.6 is 35.4 Å². The summed E-state index contributed by atoms with van der Waals surface area (Å²) in [6.07, 6.45) is 1.69. The van der Waals surface area contributed by atoms with Gasteiger partial charge in [0.15, 0.2) is 5.11 Å². The van der Waals surface area contributed by atoms with Crippen LogP contribution in [0.25, 0.3) is 0 Å². The van der Waals surface area contributed by atoms with Gasteiger partial charge in [-0.3, -0.25) is 5.43 Å². The summed E-state index contributed by atoms with van der Waals surface area (Å²) < 4.78 is 0. The Balaban J connectivity index is 1.90. The zero-order valence-corrected chi connectivity index (χ0v) is 15.0. The second-order valence-electron chi connectivity index (χ2n) is 4.93. The molecule has 0 bridgehead atoms. The van der Waals surface area contributed by atoms with Crippen molar-refractivity contribution in [2.75, 3.05) is 24.3 Å². The van der Waals surface area contributed by atoms with Gasteiger partial charge >= 0.3 is 0 Å². The summed E-state index contributed by atoms with van der Waals surface area (Å²) in [5.41, 5.74) is 5.51. The molecule has 0 aliphatic heterocycles. The maximum absolute atomic E-state index is 6.07. The summed E-state index contributed by atoms with van der Waals surface area (Å²) in [5, 5.41) is 8.46. The van der Waals surface area contributed by atoms with Crippen molar-refractivity contribution in [2.24, 2.45) is 5.10 Å². The van der Waals surface area contributed by atoms with E-state index in [1.165, 1.54) is 0 Å². The molecule has 0 aliphatic rings. The zero-order valence-electron chi connectivity index (χ0n) is 12.7. The molecule has 0 unspecified atom stereocenters. The monoisotopic (exact) mass is 366 g/mol. The van der Waals surface area contributed by atoms with E-state index in [0.717, 1.165) is 11.3 Å². The molecule has 0 radical (unpaired) electrons. The van der Waals surface area contributed by atoms with Gasteiger partial charge in [-0.1, -0.05) is 35.3 Å². The van der Waals surface area contributed by atoms with E-state index in [-0.39, 0.29) is 0 Å². The second-order valence-corrected chi connectivity index (χ2v) is 6.19. The van der Waals surface area contributed by atoms with Crippen molar-refractivity contribution in [2.45, 2.75) is 0 Å². The Morgan fingerprint density at radius 1 is 1.13 bits per heavy atom. The number of halogens is 2. The van der Waals surface area contributed by atoms with Gasteiger partial charge in [-0.25, -0.2) is 0 Å². The van der Waals surface area contributed by atoms with E-state index in [4.69, 9.17) is 35.4 Å². The van der Waals surface area contributed by atoms with Crippen molar-refractivity contribution in [3.8, 4) is 0 Å². The molecular formula is C16H16Cl2N4S. The summed E-state index contributed by atoms with van der Waals surface area (Å²) in [6.45, 7) is 0. The van der Waals surface area contributed by atoms with Gasteiger partial charge in [-0.2, -0.15) is 5.10 Å². The van der Waals surface area contributed by atoms with E-state index in [0.29, 0.717) is 20.8 Å². The molecule has 2 rings (SSSR count). The topological polar surface area (TPSA) is 39.7 Å². The number of thiocarbonyl (C=S) groups is 1. The summed E-state index contributed by atoms with van der Waals surface area (Å²) >= 11 is 17.1. The fourth-order valence-corrected chi connectivity index (χ4v) is 2.38. The Morgan fingerprint density at radius 2 is 1.83 bits per heavy atom. The fraction of sp³-hybridized carbons (Fsp3) is 0.125. The molecule has 0 spiro atoms. The first-order chi connectivity index (χ1) is 11.0. The molecule has 2 N–H and O–H groups in total. The van der Waals surface area contributed by atoms with Crippen LogP contribution in [-0.4, -0.2) is 25.4 Å². The maximum atomic E-state index is 6.07. The number of rotatable bonds is 4.